The zero-order valence-electron chi connectivity index (χ0n) is 16.1. The highest BCUT2D eigenvalue weighted by Crippen LogP contribution is 2.31. The number of aliphatic carboxylic acids is 1. The lowest BCUT2D eigenvalue weighted by molar-refractivity contribution is -0.144. The van der Waals surface area contributed by atoms with Gasteiger partial charge in [-0.2, -0.15) is 0 Å². The number of carboxylic acid groups (broad SMARTS) is 1. The van der Waals surface area contributed by atoms with Gasteiger partial charge in [0.05, 0.1) is 0 Å². The summed E-state index contributed by atoms with van der Waals surface area (Å²) in [7, 11) is 0. The molecule has 1 atom stereocenters. The number of H-pyrrole nitrogens is 1. The molecule has 1 fully saturated rings. The SMILES string of the molecule is O=C(O)[C@@H](c1c[nH]c2ccc(Cl)cc12)N1CCN(C/C=C/c2ccccc2)CC1. The highest BCUT2D eigenvalue weighted by atomic mass is 35.5. The molecule has 6 heteroatoms. The fourth-order valence-electron chi connectivity index (χ4n) is 3.93. The van der Waals surface area contributed by atoms with Crippen LogP contribution in [0.2, 0.25) is 5.02 Å². The van der Waals surface area contributed by atoms with Gasteiger partial charge < -0.3 is 10.1 Å². The number of fused-ring (bicyclic) bond motifs is 1. The van der Waals surface area contributed by atoms with Gasteiger partial charge in [-0.25, -0.2) is 0 Å². The lowest BCUT2D eigenvalue weighted by atomic mass is 10.0. The second-order valence-corrected chi connectivity index (χ2v) is 7.76. The summed E-state index contributed by atoms with van der Waals surface area (Å²) in [6, 6.07) is 15.1. The van der Waals surface area contributed by atoms with Crippen LogP contribution in [0.25, 0.3) is 17.0 Å². The van der Waals surface area contributed by atoms with E-state index in [4.69, 9.17) is 11.6 Å². The molecule has 0 unspecified atom stereocenters. The van der Waals surface area contributed by atoms with E-state index in [0.717, 1.165) is 36.1 Å². The third kappa shape index (κ3) is 4.53. The first-order valence-corrected chi connectivity index (χ1v) is 10.2. The van der Waals surface area contributed by atoms with Crippen molar-refractivity contribution < 1.29 is 9.90 Å². The molecule has 2 N–H and O–H groups in total. The van der Waals surface area contributed by atoms with Gasteiger partial charge in [0.15, 0.2) is 0 Å². The van der Waals surface area contributed by atoms with Crippen LogP contribution in [0.1, 0.15) is 17.2 Å². The quantitative estimate of drug-likeness (QED) is 0.638. The fourth-order valence-corrected chi connectivity index (χ4v) is 4.10. The van der Waals surface area contributed by atoms with E-state index in [1.807, 2.05) is 41.3 Å². The van der Waals surface area contributed by atoms with Crippen molar-refractivity contribution in [1.29, 1.82) is 0 Å². The molecule has 0 spiro atoms. The Morgan fingerprint density at radius 1 is 1.14 bits per heavy atom. The predicted octanol–water partition coefficient (Wildman–Crippen LogP) is 4.28. The van der Waals surface area contributed by atoms with E-state index >= 15 is 0 Å². The Bertz CT molecular complexity index is 1010. The van der Waals surface area contributed by atoms with Crippen molar-refractivity contribution in [3.63, 3.8) is 0 Å². The summed E-state index contributed by atoms with van der Waals surface area (Å²) in [5, 5.41) is 11.4. The number of nitrogens with one attached hydrogen (secondary N) is 1. The highest BCUT2D eigenvalue weighted by Gasteiger charge is 2.31. The largest absolute Gasteiger partial charge is 0.480 e. The maximum Gasteiger partial charge on any atom is 0.325 e. The van der Waals surface area contributed by atoms with Gasteiger partial charge in [-0.3, -0.25) is 14.6 Å². The Labute approximate surface area is 175 Å². The summed E-state index contributed by atoms with van der Waals surface area (Å²) < 4.78 is 0. The molecule has 4 rings (SSSR count). The fraction of sp³-hybridized carbons (Fsp3) is 0.261. The van der Waals surface area contributed by atoms with Gasteiger partial charge in [-0.05, 0) is 23.8 Å². The molecule has 0 bridgehead atoms. The molecule has 2 aromatic carbocycles. The monoisotopic (exact) mass is 409 g/mol. The molecule has 5 nitrogen and oxygen atoms in total. The predicted molar refractivity (Wildman–Crippen MR) is 117 cm³/mol. The Hall–Kier alpha value is -2.60. The molecule has 2 heterocycles. The minimum Gasteiger partial charge on any atom is -0.480 e. The van der Waals surface area contributed by atoms with Gasteiger partial charge in [0.1, 0.15) is 6.04 Å². The van der Waals surface area contributed by atoms with Crippen LogP contribution in [0.15, 0.2) is 60.8 Å². The molecule has 1 aromatic heterocycles. The van der Waals surface area contributed by atoms with E-state index in [-0.39, 0.29) is 0 Å². The van der Waals surface area contributed by atoms with Crippen molar-refractivity contribution in [2.24, 2.45) is 0 Å². The minimum atomic E-state index is -0.830. The second-order valence-electron chi connectivity index (χ2n) is 7.32. The Kier molecular flexibility index (Phi) is 6.00. The van der Waals surface area contributed by atoms with Crippen molar-refractivity contribution in [2.45, 2.75) is 6.04 Å². The maximum absolute atomic E-state index is 12.1. The van der Waals surface area contributed by atoms with E-state index in [0.29, 0.717) is 18.1 Å². The van der Waals surface area contributed by atoms with Crippen molar-refractivity contribution >= 4 is 34.5 Å². The van der Waals surface area contributed by atoms with Gasteiger partial charge in [-0.15, -0.1) is 0 Å². The summed E-state index contributed by atoms with van der Waals surface area (Å²) in [6.45, 7) is 3.97. The van der Waals surface area contributed by atoms with Crippen LogP contribution in [0.3, 0.4) is 0 Å². The third-order valence-electron chi connectivity index (χ3n) is 5.45. The molecule has 0 radical (unpaired) electrons. The number of piperazine rings is 1. The van der Waals surface area contributed by atoms with E-state index in [1.165, 1.54) is 5.56 Å². The molecule has 150 valence electrons. The van der Waals surface area contributed by atoms with Gasteiger partial charge in [0.25, 0.3) is 0 Å². The smallest absolute Gasteiger partial charge is 0.325 e. The molecule has 0 saturated carbocycles. The van der Waals surface area contributed by atoms with Gasteiger partial charge >= 0.3 is 5.97 Å². The highest BCUT2D eigenvalue weighted by molar-refractivity contribution is 6.31. The van der Waals surface area contributed by atoms with Crippen LogP contribution in [0.4, 0.5) is 0 Å². The average Bonchev–Trinajstić information content (AvgIpc) is 3.13. The summed E-state index contributed by atoms with van der Waals surface area (Å²) >= 11 is 6.14. The van der Waals surface area contributed by atoms with Crippen molar-refractivity contribution in [3.05, 3.63) is 77.0 Å². The lowest BCUT2D eigenvalue weighted by Gasteiger charge is -2.37. The van der Waals surface area contributed by atoms with Crippen molar-refractivity contribution in [3.8, 4) is 0 Å². The summed E-state index contributed by atoms with van der Waals surface area (Å²) in [4.78, 5) is 19.7. The normalized spacial score (nSPS) is 17.1. The number of carbonyl (C=O) groups is 1. The zero-order valence-corrected chi connectivity index (χ0v) is 16.8. The maximum atomic E-state index is 12.1. The summed E-state index contributed by atoms with van der Waals surface area (Å²) in [5.74, 6) is -0.830. The molecule has 29 heavy (non-hydrogen) atoms. The van der Waals surface area contributed by atoms with Crippen LogP contribution < -0.4 is 0 Å². The van der Waals surface area contributed by atoms with E-state index in [2.05, 4.69) is 34.2 Å². The first-order chi connectivity index (χ1) is 14.1. The van der Waals surface area contributed by atoms with E-state index in [1.54, 1.807) is 6.20 Å². The molecule has 1 aliphatic rings. The number of halogens is 1. The van der Waals surface area contributed by atoms with Crippen LogP contribution in [-0.4, -0.2) is 58.6 Å². The van der Waals surface area contributed by atoms with Gasteiger partial charge in [0, 0.05) is 60.4 Å². The average molecular weight is 410 g/mol. The van der Waals surface area contributed by atoms with Crippen LogP contribution >= 0.6 is 11.6 Å². The molecule has 3 aromatic rings. The molecule has 0 amide bonds. The summed E-state index contributed by atoms with van der Waals surface area (Å²) in [5.41, 5.74) is 2.86. The van der Waals surface area contributed by atoms with Crippen LogP contribution in [0, 0.1) is 0 Å². The topological polar surface area (TPSA) is 59.6 Å². The van der Waals surface area contributed by atoms with Crippen LogP contribution in [-0.2, 0) is 4.79 Å². The number of rotatable bonds is 6. The lowest BCUT2D eigenvalue weighted by Crippen LogP contribution is -2.49. The third-order valence-corrected chi connectivity index (χ3v) is 5.68. The van der Waals surface area contributed by atoms with Crippen LogP contribution in [0.5, 0.6) is 0 Å². The minimum absolute atomic E-state index is 0.609. The number of benzene rings is 2. The van der Waals surface area contributed by atoms with Gasteiger partial charge in [0.2, 0.25) is 0 Å². The zero-order chi connectivity index (χ0) is 20.2. The van der Waals surface area contributed by atoms with Gasteiger partial charge in [-0.1, -0.05) is 54.1 Å². The Morgan fingerprint density at radius 2 is 1.90 bits per heavy atom. The number of aromatic amines is 1. The first-order valence-electron chi connectivity index (χ1n) is 9.79. The van der Waals surface area contributed by atoms with E-state index in [9.17, 15) is 9.90 Å². The first kappa shape index (κ1) is 19.7. The van der Waals surface area contributed by atoms with E-state index < -0.39 is 12.0 Å². The molecular weight excluding hydrogens is 386 g/mol. The summed E-state index contributed by atoms with van der Waals surface area (Å²) in [6.07, 6.45) is 6.10. The molecular formula is C23H24ClN3O2. The molecule has 0 aliphatic carbocycles. The number of nitrogens with zero attached hydrogens (tertiary/aromatic N) is 2. The standard InChI is InChI=1S/C23H24ClN3O2/c24-18-8-9-21-19(15-18)20(16-25-21)22(23(28)29)27-13-11-26(12-14-27)10-4-7-17-5-2-1-3-6-17/h1-9,15-16,22,25H,10-14H2,(H,28,29)/b7-4+/t22-/m1/s1. The Morgan fingerprint density at radius 3 is 2.62 bits per heavy atom. The molecule has 1 aliphatic heterocycles. The second kappa shape index (κ2) is 8.82. The number of hydrogen-bond acceptors (Lipinski definition) is 3. The Balaban J connectivity index is 1.42. The molecule has 1 saturated heterocycles. The number of carboxylic acids is 1. The number of aromatic nitrogens is 1. The number of hydrogen-bond donors (Lipinski definition) is 2. The van der Waals surface area contributed by atoms with Crippen molar-refractivity contribution in [2.75, 3.05) is 32.7 Å². The van der Waals surface area contributed by atoms with Crippen molar-refractivity contribution in [1.82, 2.24) is 14.8 Å².